The van der Waals surface area contributed by atoms with E-state index in [0.717, 1.165) is 11.3 Å². The van der Waals surface area contributed by atoms with Gasteiger partial charge in [0.2, 0.25) is 5.78 Å². The molecule has 3 aromatic carbocycles. The van der Waals surface area contributed by atoms with Gasteiger partial charge in [-0.2, -0.15) is 0 Å². The lowest BCUT2D eigenvalue weighted by Gasteiger charge is -2.37. The number of esters is 2. The summed E-state index contributed by atoms with van der Waals surface area (Å²) in [5.41, 5.74) is -0.448. The van der Waals surface area contributed by atoms with E-state index in [1.807, 2.05) is 58.1 Å². The van der Waals surface area contributed by atoms with Gasteiger partial charge in [-0.05, 0) is 59.1 Å². The fourth-order valence-corrected chi connectivity index (χ4v) is 11.8. The second-order valence-corrected chi connectivity index (χ2v) is 27.1. The molecule has 4 rings (SSSR count). The third-order valence-electron chi connectivity index (χ3n) is 12.3. The standard InChI is InChI=1S/C49H64O17Si2/c1-49(2,3)68(15,16)66-36(47(53)62-11)22-28-21-32(43(64-26-55-4)45(60-9)38(28)48(54)63-12)37(67(13,14)31-19-17-30(57-6)18-20-31)24-29(50)23-33-42(59-8)39-34(51)25-35(58-7)41(52)40(39)46(61-10)44(33)65-27-56-5/h17-22,25,37H,23-24,26-27H2,1-16H3/b36-22+. The lowest BCUT2D eigenvalue weighted by molar-refractivity contribution is -0.138. The Bertz CT molecular complexity index is 2450. The van der Waals surface area contributed by atoms with E-state index in [2.05, 4.69) is 13.1 Å². The van der Waals surface area contributed by atoms with Crippen LogP contribution in [-0.2, 0) is 44.1 Å². The summed E-state index contributed by atoms with van der Waals surface area (Å²) in [5.74, 6) is -3.30. The Balaban J connectivity index is 2.15. The van der Waals surface area contributed by atoms with Crippen molar-refractivity contribution in [3.8, 4) is 34.5 Å². The molecule has 1 aliphatic rings. The molecule has 17 nitrogen and oxygen atoms in total. The number of allylic oxidation sites excluding steroid dienone is 2. The third kappa shape index (κ3) is 11.2. The second kappa shape index (κ2) is 22.8. The molecule has 3 aromatic rings. The summed E-state index contributed by atoms with van der Waals surface area (Å²) in [6, 6.07) is 9.17. The highest BCUT2D eigenvalue weighted by Gasteiger charge is 2.44. The van der Waals surface area contributed by atoms with Crippen LogP contribution < -0.4 is 33.6 Å². The molecule has 68 heavy (non-hydrogen) atoms. The van der Waals surface area contributed by atoms with Gasteiger partial charge in [-0.25, -0.2) is 9.59 Å². The van der Waals surface area contributed by atoms with Gasteiger partial charge >= 0.3 is 11.9 Å². The van der Waals surface area contributed by atoms with Crippen LogP contribution in [0.4, 0.5) is 0 Å². The minimum absolute atomic E-state index is 0.0577. The van der Waals surface area contributed by atoms with E-state index in [1.54, 1.807) is 13.2 Å². The van der Waals surface area contributed by atoms with Crippen molar-refractivity contribution < 1.29 is 80.5 Å². The molecular formula is C49H64O17Si2. The molecule has 0 spiro atoms. The number of ether oxygens (including phenoxy) is 11. The van der Waals surface area contributed by atoms with Gasteiger partial charge in [0, 0.05) is 38.7 Å². The summed E-state index contributed by atoms with van der Waals surface area (Å²) in [6.07, 6.45) is 1.87. The topological polar surface area (TPSA) is 196 Å². The van der Waals surface area contributed by atoms with Gasteiger partial charge in [-0.1, -0.05) is 51.2 Å². The zero-order valence-electron chi connectivity index (χ0n) is 41.9. The van der Waals surface area contributed by atoms with Crippen molar-refractivity contribution in [2.75, 3.05) is 77.6 Å². The van der Waals surface area contributed by atoms with E-state index in [0.29, 0.717) is 11.3 Å². The van der Waals surface area contributed by atoms with E-state index in [-0.39, 0.29) is 98.9 Å². The number of hydrogen-bond acceptors (Lipinski definition) is 17. The zero-order chi connectivity index (χ0) is 50.9. The highest BCUT2D eigenvalue weighted by Crippen LogP contribution is 2.50. The highest BCUT2D eigenvalue weighted by molar-refractivity contribution is 6.91. The molecule has 0 fully saturated rings. The molecule has 370 valence electrons. The van der Waals surface area contributed by atoms with Gasteiger partial charge in [0.1, 0.15) is 22.8 Å². The van der Waals surface area contributed by atoms with Crippen molar-refractivity contribution >= 4 is 56.9 Å². The smallest absolute Gasteiger partial charge is 0.371 e. The molecule has 1 aliphatic carbocycles. The number of Topliss-reactive ketones (excluding diaryl/α,β-unsaturated/α-hetero) is 2. The van der Waals surface area contributed by atoms with Gasteiger partial charge in [0.15, 0.2) is 53.9 Å². The Hall–Kier alpha value is -6.16. The molecule has 0 amide bonds. The van der Waals surface area contributed by atoms with E-state index in [1.165, 1.54) is 63.0 Å². The third-order valence-corrected chi connectivity index (χ3v) is 20.7. The van der Waals surface area contributed by atoms with E-state index >= 15 is 4.79 Å². The van der Waals surface area contributed by atoms with Crippen LogP contribution in [0.25, 0.3) is 6.08 Å². The molecule has 0 aromatic heterocycles. The molecule has 0 saturated heterocycles. The van der Waals surface area contributed by atoms with Crippen molar-refractivity contribution in [2.24, 2.45) is 0 Å². The Morgan fingerprint density at radius 3 is 1.78 bits per heavy atom. The maximum Gasteiger partial charge on any atom is 0.371 e. The monoisotopic (exact) mass is 980 g/mol. The van der Waals surface area contributed by atoms with Gasteiger partial charge in [-0.3, -0.25) is 14.4 Å². The molecule has 1 atom stereocenters. The van der Waals surface area contributed by atoms with Crippen molar-refractivity contribution in [3.05, 3.63) is 81.3 Å². The molecule has 0 aliphatic heterocycles. The summed E-state index contributed by atoms with van der Waals surface area (Å²) >= 11 is 0. The van der Waals surface area contributed by atoms with Crippen LogP contribution in [0.3, 0.4) is 0 Å². The van der Waals surface area contributed by atoms with Gasteiger partial charge in [0.05, 0.1) is 69.0 Å². The van der Waals surface area contributed by atoms with Crippen molar-refractivity contribution in [2.45, 2.75) is 70.4 Å². The average molecular weight is 981 g/mol. The van der Waals surface area contributed by atoms with Gasteiger partial charge < -0.3 is 56.5 Å². The van der Waals surface area contributed by atoms with E-state index < -0.39 is 51.9 Å². The summed E-state index contributed by atoms with van der Waals surface area (Å²) < 4.78 is 68.4. The predicted octanol–water partition coefficient (Wildman–Crippen LogP) is 7.36. The molecule has 0 saturated carbocycles. The van der Waals surface area contributed by atoms with Crippen LogP contribution in [-0.4, -0.2) is 123 Å². The molecule has 0 radical (unpaired) electrons. The summed E-state index contributed by atoms with van der Waals surface area (Å²) in [7, 11) is 6.28. The quantitative estimate of drug-likeness (QED) is 0.0300. The molecule has 19 heteroatoms. The van der Waals surface area contributed by atoms with Gasteiger partial charge in [0.25, 0.3) is 8.32 Å². The first-order valence-electron chi connectivity index (χ1n) is 21.4. The molecule has 0 N–H and O–H groups in total. The van der Waals surface area contributed by atoms with Crippen molar-refractivity contribution in [1.82, 2.24) is 0 Å². The first-order chi connectivity index (χ1) is 32.1. The zero-order valence-corrected chi connectivity index (χ0v) is 43.9. The molecule has 1 unspecified atom stereocenters. The lowest BCUT2D eigenvalue weighted by atomic mass is 9.87. The largest absolute Gasteiger partial charge is 0.539 e. The summed E-state index contributed by atoms with van der Waals surface area (Å²) in [6.45, 7) is 13.5. The number of methoxy groups -OCH3 is 9. The number of rotatable bonds is 23. The van der Waals surface area contributed by atoms with Gasteiger partial charge in [-0.15, -0.1) is 0 Å². The fraction of sp³-hybridized carbons (Fsp3) is 0.449. The number of carbonyl (C=O) groups excluding carboxylic acids is 5. The Morgan fingerprint density at radius 2 is 1.28 bits per heavy atom. The maximum atomic E-state index is 15.2. The van der Waals surface area contributed by atoms with Crippen molar-refractivity contribution in [3.63, 3.8) is 0 Å². The first kappa shape index (κ1) is 54.4. The van der Waals surface area contributed by atoms with E-state index in [9.17, 15) is 19.2 Å². The van der Waals surface area contributed by atoms with Crippen LogP contribution in [0.1, 0.15) is 80.5 Å². The normalized spacial score (nSPS) is 13.4. The molecule has 0 bridgehead atoms. The number of fused-ring (bicyclic) bond motifs is 1. The average Bonchev–Trinajstić information content (AvgIpc) is 3.31. The highest BCUT2D eigenvalue weighted by atomic mass is 28.4. The minimum Gasteiger partial charge on any atom is -0.539 e. The predicted molar refractivity (Wildman–Crippen MR) is 257 cm³/mol. The lowest BCUT2D eigenvalue weighted by Crippen LogP contribution is -2.48. The molecular weight excluding hydrogens is 917 g/mol. The van der Waals surface area contributed by atoms with Crippen LogP contribution in [0.5, 0.6) is 34.5 Å². The Labute approximate surface area is 400 Å². The minimum atomic E-state index is -3.04. The van der Waals surface area contributed by atoms with Crippen LogP contribution in [0.15, 0.2) is 47.9 Å². The van der Waals surface area contributed by atoms with Crippen LogP contribution >= 0.6 is 0 Å². The Kier molecular flexibility index (Phi) is 18.2. The first-order valence-corrected chi connectivity index (χ1v) is 27.4. The van der Waals surface area contributed by atoms with Crippen LogP contribution in [0.2, 0.25) is 31.2 Å². The van der Waals surface area contributed by atoms with E-state index in [4.69, 9.17) is 56.5 Å². The second-order valence-electron chi connectivity index (χ2n) is 17.7. The van der Waals surface area contributed by atoms with Crippen LogP contribution in [0, 0.1) is 0 Å². The SMILES string of the molecule is COCOc1c(C(CC(=O)Cc2c(OCOC)c(OC)c3c(c2OC)C(=O)C=C(OC)C3=O)[Si](C)(C)c2ccc(OC)cc2)cc(/C=C(/O[Si](C)(C)C(C)(C)C)C(=O)OC)c(C(=O)OC)c1OC. The fourth-order valence-electron chi connectivity index (χ4n) is 7.67. The summed E-state index contributed by atoms with van der Waals surface area (Å²) in [5, 5.41) is 0.553. The maximum absolute atomic E-state index is 15.2. The number of hydrogen-bond donors (Lipinski definition) is 0. The number of benzene rings is 3. The number of carbonyl (C=O) groups is 5. The Morgan fingerprint density at radius 1 is 0.691 bits per heavy atom. The van der Waals surface area contributed by atoms with Crippen molar-refractivity contribution in [1.29, 1.82) is 0 Å². The molecule has 0 heterocycles. The number of ketones is 3. The summed E-state index contributed by atoms with van der Waals surface area (Å²) in [4.78, 5) is 70.3.